The van der Waals surface area contributed by atoms with E-state index in [1.165, 1.54) is 49.7 Å². The van der Waals surface area contributed by atoms with Crippen molar-refractivity contribution in [3.8, 4) is 5.75 Å². The van der Waals surface area contributed by atoms with Gasteiger partial charge in [-0.25, -0.2) is 4.68 Å². The van der Waals surface area contributed by atoms with Crippen molar-refractivity contribution >= 4 is 23.7 Å². The maximum Gasteiger partial charge on any atom is 0.313 e. The van der Waals surface area contributed by atoms with Crippen LogP contribution in [0.1, 0.15) is 37.1 Å². The Bertz CT molecular complexity index is 811. The predicted octanol–water partition coefficient (Wildman–Crippen LogP) is 2.18. The molecule has 9 nitrogen and oxygen atoms in total. The summed E-state index contributed by atoms with van der Waals surface area (Å²) in [5.41, 5.74) is 1.31. The average molecular weight is 452 g/mol. The number of carboxylic acid groups (broad SMARTS) is 1. The monoisotopic (exact) mass is 451 g/mol. The predicted molar refractivity (Wildman–Crippen MR) is 123 cm³/mol. The van der Waals surface area contributed by atoms with Crippen LogP contribution in [0.5, 0.6) is 5.75 Å². The molecule has 4 N–H and O–H groups in total. The smallest absolute Gasteiger partial charge is 0.313 e. The zero-order valence-corrected chi connectivity index (χ0v) is 18.9. The van der Waals surface area contributed by atoms with Crippen molar-refractivity contribution in [1.82, 2.24) is 19.7 Å². The zero-order valence-electron chi connectivity index (χ0n) is 18.0. The first-order valence-corrected chi connectivity index (χ1v) is 11.6. The van der Waals surface area contributed by atoms with Crippen LogP contribution < -0.4 is 10.1 Å². The lowest BCUT2D eigenvalue weighted by Crippen LogP contribution is -2.29. The molecule has 1 aliphatic heterocycles. The summed E-state index contributed by atoms with van der Waals surface area (Å²) in [5.74, 6) is 1.95. The number of anilines is 1. The molecule has 172 valence electrons. The van der Waals surface area contributed by atoms with E-state index in [-0.39, 0.29) is 11.2 Å². The largest absolute Gasteiger partial charge is 0.494 e. The molecule has 1 aliphatic rings. The van der Waals surface area contributed by atoms with Crippen LogP contribution in [0.2, 0.25) is 0 Å². The molecule has 1 fully saturated rings. The number of aromatic nitrogens is 3. The number of thioether (sulfide) groups is 1. The normalized spacial score (nSPS) is 14.1. The molecule has 0 spiro atoms. The highest BCUT2D eigenvalue weighted by Crippen LogP contribution is 2.18. The second-order valence-corrected chi connectivity index (χ2v) is 8.46. The van der Waals surface area contributed by atoms with E-state index in [0.29, 0.717) is 24.1 Å². The van der Waals surface area contributed by atoms with Crippen LogP contribution in [0.3, 0.4) is 0 Å². The summed E-state index contributed by atoms with van der Waals surface area (Å²) >= 11 is 1.29. The Morgan fingerprint density at radius 3 is 2.87 bits per heavy atom. The van der Waals surface area contributed by atoms with Crippen LogP contribution in [0.15, 0.2) is 24.3 Å². The van der Waals surface area contributed by atoms with Crippen LogP contribution in [-0.4, -0.2) is 68.2 Å². The van der Waals surface area contributed by atoms with Crippen molar-refractivity contribution in [2.45, 2.75) is 38.0 Å². The van der Waals surface area contributed by atoms with E-state index in [1.807, 2.05) is 13.1 Å². The lowest BCUT2D eigenvalue weighted by Gasteiger charge is -2.26. The van der Waals surface area contributed by atoms with Gasteiger partial charge in [-0.05, 0) is 50.0 Å². The Morgan fingerprint density at radius 1 is 1.29 bits per heavy atom. The highest BCUT2D eigenvalue weighted by Gasteiger charge is 2.11. The van der Waals surface area contributed by atoms with Gasteiger partial charge in [-0.3, -0.25) is 9.69 Å². The molecule has 0 amide bonds. The minimum absolute atomic E-state index is 0. The number of aliphatic carboxylic acids is 1. The topological polar surface area (TPSA) is 124 Å². The molecule has 10 heteroatoms. The molecule has 0 saturated carbocycles. The van der Waals surface area contributed by atoms with Crippen molar-refractivity contribution < 1.29 is 20.1 Å². The van der Waals surface area contributed by atoms with E-state index >= 15 is 0 Å². The third-order valence-electron chi connectivity index (χ3n) is 4.89. The standard InChI is InChI=1S/C21H31N5O3S.H2O/c1-25-21(23-19(24-25)15-30-16-20(27)28)22-9-6-12-29-18-8-5-7-17(13-18)14-26-10-3-2-4-11-26;/h5,7-8,13H,2-4,6,9-12,14-16H2,1H3,(H,27,28)(H,22,23,24);1H2. The van der Waals surface area contributed by atoms with Gasteiger partial charge in [0.1, 0.15) is 5.75 Å². The third-order valence-corrected chi connectivity index (χ3v) is 5.80. The van der Waals surface area contributed by atoms with Crippen molar-refractivity contribution in [3.05, 3.63) is 35.7 Å². The number of ether oxygens (including phenoxy) is 1. The highest BCUT2D eigenvalue weighted by molar-refractivity contribution is 7.99. The van der Waals surface area contributed by atoms with Gasteiger partial charge in [-0.15, -0.1) is 11.8 Å². The van der Waals surface area contributed by atoms with Crippen molar-refractivity contribution in [3.63, 3.8) is 0 Å². The molecular formula is C21H33N5O4S. The number of aryl methyl sites for hydroxylation is 1. The maximum atomic E-state index is 10.6. The fraction of sp³-hybridized carbons (Fsp3) is 0.571. The van der Waals surface area contributed by atoms with Crippen molar-refractivity contribution in [1.29, 1.82) is 0 Å². The molecule has 3 rings (SSSR count). The summed E-state index contributed by atoms with van der Waals surface area (Å²) in [4.78, 5) is 17.5. The second-order valence-electron chi connectivity index (χ2n) is 7.47. The minimum Gasteiger partial charge on any atom is -0.494 e. The van der Waals surface area contributed by atoms with Crippen LogP contribution in [0.25, 0.3) is 0 Å². The number of likely N-dealkylation sites (tertiary alicyclic amines) is 1. The second kappa shape index (κ2) is 13.2. The number of nitrogens with zero attached hydrogens (tertiary/aromatic N) is 4. The number of carboxylic acids is 1. The fourth-order valence-corrected chi connectivity index (χ4v) is 4.04. The first kappa shape index (κ1) is 25.0. The molecular weight excluding hydrogens is 418 g/mol. The Labute approximate surface area is 187 Å². The quantitative estimate of drug-likeness (QED) is 0.471. The SMILES string of the molecule is Cn1nc(CSCC(=O)O)nc1NCCCOc1cccc(CN2CCCCC2)c1.O. The van der Waals surface area contributed by atoms with E-state index in [4.69, 9.17) is 9.84 Å². The number of carbonyl (C=O) groups is 1. The molecule has 0 radical (unpaired) electrons. The molecule has 31 heavy (non-hydrogen) atoms. The van der Waals surface area contributed by atoms with Gasteiger partial charge in [0.15, 0.2) is 5.82 Å². The number of benzene rings is 1. The molecule has 0 aliphatic carbocycles. The molecule has 0 bridgehead atoms. The first-order chi connectivity index (χ1) is 14.6. The van der Waals surface area contributed by atoms with Crippen LogP contribution in [0.4, 0.5) is 5.95 Å². The zero-order chi connectivity index (χ0) is 21.2. The van der Waals surface area contributed by atoms with Gasteiger partial charge in [0.25, 0.3) is 0 Å². The summed E-state index contributed by atoms with van der Waals surface area (Å²) in [6.07, 6.45) is 4.80. The number of piperidine rings is 1. The lowest BCUT2D eigenvalue weighted by atomic mass is 10.1. The van der Waals surface area contributed by atoms with Gasteiger partial charge in [0.05, 0.1) is 18.1 Å². The van der Waals surface area contributed by atoms with E-state index in [2.05, 4.69) is 38.5 Å². The number of rotatable bonds is 12. The van der Waals surface area contributed by atoms with E-state index in [9.17, 15) is 4.79 Å². The average Bonchev–Trinajstić information content (AvgIpc) is 3.08. The summed E-state index contributed by atoms with van der Waals surface area (Å²) in [6.45, 7) is 4.73. The Balaban J connectivity index is 0.00000341. The lowest BCUT2D eigenvalue weighted by molar-refractivity contribution is -0.133. The number of nitrogens with one attached hydrogen (secondary N) is 1. The summed E-state index contributed by atoms with van der Waals surface area (Å²) in [6, 6.07) is 8.39. The summed E-state index contributed by atoms with van der Waals surface area (Å²) in [7, 11) is 1.82. The van der Waals surface area contributed by atoms with E-state index in [1.54, 1.807) is 4.68 Å². The van der Waals surface area contributed by atoms with Crippen LogP contribution in [0, 0.1) is 0 Å². The maximum absolute atomic E-state index is 10.6. The molecule has 1 saturated heterocycles. The van der Waals surface area contributed by atoms with E-state index in [0.717, 1.165) is 25.3 Å². The fourth-order valence-electron chi connectivity index (χ4n) is 3.45. The van der Waals surface area contributed by atoms with Gasteiger partial charge >= 0.3 is 5.97 Å². The van der Waals surface area contributed by atoms with Gasteiger partial charge in [-0.2, -0.15) is 10.1 Å². The Morgan fingerprint density at radius 2 is 2.10 bits per heavy atom. The molecule has 1 aromatic carbocycles. The summed E-state index contributed by atoms with van der Waals surface area (Å²) < 4.78 is 7.61. The molecule has 0 atom stereocenters. The number of hydrogen-bond acceptors (Lipinski definition) is 7. The first-order valence-electron chi connectivity index (χ1n) is 10.5. The highest BCUT2D eigenvalue weighted by atomic mass is 32.2. The van der Waals surface area contributed by atoms with Crippen molar-refractivity contribution in [2.75, 3.05) is 37.3 Å². The van der Waals surface area contributed by atoms with Gasteiger partial charge in [0.2, 0.25) is 5.95 Å². The van der Waals surface area contributed by atoms with Gasteiger partial charge < -0.3 is 20.6 Å². The van der Waals surface area contributed by atoms with Gasteiger partial charge in [0, 0.05) is 20.1 Å². The Hall–Kier alpha value is -2.30. The molecule has 0 unspecified atom stereocenters. The molecule has 2 aromatic rings. The van der Waals surface area contributed by atoms with E-state index < -0.39 is 5.97 Å². The van der Waals surface area contributed by atoms with Crippen LogP contribution >= 0.6 is 11.8 Å². The number of hydrogen-bond donors (Lipinski definition) is 2. The third kappa shape index (κ3) is 8.76. The molecule has 2 heterocycles. The Kier molecular flexibility index (Phi) is 10.6. The van der Waals surface area contributed by atoms with Gasteiger partial charge in [-0.1, -0.05) is 18.6 Å². The van der Waals surface area contributed by atoms with Crippen LogP contribution in [-0.2, 0) is 24.1 Å². The minimum atomic E-state index is -0.827. The summed E-state index contributed by atoms with van der Waals surface area (Å²) in [5, 5.41) is 16.3. The molecule has 1 aromatic heterocycles. The van der Waals surface area contributed by atoms with Crippen molar-refractivity contribution in [2.24, 2.45) is 7.05 Å².